The lowest BCUT2D eigenvalue weighted by Crippen LogP contribution is -2.13. The van der Waals surface area contributed by atoms with Crippen molar-refractivity contribution in [2.24, 2.45) is 0 Å². The molecule has 0 saturated carbocycles. The van der Waals surface area contributed by atoms with Gasteiger partial charge in [0.15, 0.2) is 0 Å². The first-order chi connectivity index (χ1) is 10.3. The number of aliphatic hydroxyl groups excluding tert-OH is 1. The third kappa shape index (κ3) is 4.90. The van der Waals surface area contributed by atoms with E-state index in [9.17, 15) is 5.11 Å². The molecule has 2 aromatic carbocycles. The first-order valence-electron chi connectivity index (χ1n) is 7.03. The van der Waals surface area contributed by atoms with Crippen LogP contribution in [0.4, 0.5) is 5.69 Å². The molecule has 3 N–H and O–H groups in total. The smallest absolute Gasteiger partial charge is 0.116 e. The van der Waals surface area contributed by atoms with E-state index in [0.29, 0.717) is 33.0 Å². The van der Waals surface area contributed by atoms with Crippen molar-refractivity contribution in [2.75, 3.05) is 44.9 Å². The van der Waals surface area contributed by atoms with Gasteiger partial charge in [0.2, 0.25) is 0 Å². The van der Waals surface area contributed by atoms with Crippen molar-refractivity contribution in [2.45, 2.75) is 0 Å². The van der Waals surface area contributed by atoms with Gasteiger partial charge in [-0.3, -0.25) is 0 Å². The lowest BCUT2D eigenvalue weighted by Gasteiger charge is -2.10. The summed E-state index contributed by atoms with van der Waals surface area (Å²) < 4.78 is 10.5. The summed E-state index contributed by atoms with van der Waals surface area (Å²) in [6, 6.07) is 11.3. The number of rotatable bonds is 9. The molecule has 0 saturated heterocycles. The van der Waals surface area contributed by atoms with Gasteiger partial charge in [0, 0.05) is 17.6 Å². The second-order valence-electron chi connectivity index (χ2n) is 4.59. The third-order valence-electron chi connectivity index (χ3n) is 3.03. The molecule has 2 rings (SSSR count). The normalized spacial score (nSPS) is 10.9. The Hall–Kier alpha value is -1.82. The second-order valence-corrected chi connectivity index (χ2v) is 4.59. The summed E-state index contributed by atoms with van der Waals surface area (Å²) >= 11 is 0. The van der Waals surface area contributed by atoms with Crippen LogP contribution in [0, 0.1) is 0 Å². The van der Waals surface area contributed by atoms with Crippen LogP contribution in [0.15, 0.2) is 36.4 Å². The number of phenols is 1. The van der Waals surface area contributed by atoms with E-state index in [2.05, 4.69) is 5.32 Å². The number of hydrogen-bond acceptors (Lipinski definition) is 5. The first-order valence-corrected chi connectivity index (χ1v) is 7.03. The zero-order valence-electron chi connectivity index (χ0n) is 11.9. The number of ether oxygens (including phenoxy) is 2. The van der Waals surface area contributed by atoms with Crippen LogP contribution in [-0.2, 0) is 9.47 Å². The van der Waals surface area contributed by atoms with Crippen LogP contribution >= 0.6 is 0 Å². The predicted molar refractivity (Wildman–Crippen MR) is 82.8 cm³/mol. The van der Waals surface area contributed by atoms with Crippen molar-refractivity contribution in [1.82, 2.24) is 0 Å². The van der Waals surface area contributed by atoms with Gasteiger partial charge < -0.3 is 25.0 Å². The molecule has 0 radical (unpaired) electrons. The summed E-state index contributed by atoms with van der Waals surface area (Å²) in [7, 11) is 0. The standard InChI is InChI=1S/C16H21NO4/c18-7-9-21-11-10-20-8-6-17-16-3-1-2-13-12-14(19)4-5-15(13)16/h1-5,12,17-19H,6-11H2. The number of aliphatic hydroxyl groups is 1. The number of benzene rings is 2. The molecule has 0 atom stereocenters. The monoisotopic (exact) mass is 291 g/mol. The van der Waals surface area contributed by atoms with Crippen molar-refractivity contribution in [3.8, 4) is 5.75 Å². The number of phenolic OH excluding ortho intramolecular Hbond substituents is 1. The Bertz CT molecular complexity index is 559. The largest absolute Gasteiger partial charge is 0.508 e. The molecule has 0 aromatic heterocycles. The molecule has 0 aliphatic carbocycles. The minimum atomic E-state index is 0.0399. The maximum Gasteiger partial charge on any atom is 0.116 e. The molecule has 0 aliphatic heterocycles. The van der Waals surface area contributed by atoms with Gasteiger partial charge in [0.1, 0.15) is 5.75 Å². The van der Waals surface area contributed by atoms with Gasteiger partial charge >= 0.3 is 0 Å². The van der Waals surface area contributed by atoms with Gasteiger partial charge in [0.05, 0.1) is 33.0 Å². The van der Waals surface area contributed by atoms with Crippen LogP contribution in [-0.4, -0.2) is 49.8 Å². The van der Waals surface area contributed by atoms with E-state index in [1.807, 2.05) is 24.3 Å². The molecular weight excluding hydrogens is 270 g/mol. The summed E-state index contributed by atoms with van der Waals surface area (Å²) in [5.41, 5.74) is 1.02. The molecule has 0 aliphatic rings. The lowest BCUT2D eigenvalue weighted by atomic mass is 10.1. The lowest BCUT2D eigenvalue weighted by molar-refractivity contribution is 0.0361. The number of nitrogens with one attached hydrogen (secondary N) is 1. The second kappa shape index (κ2) is 8.46. The molecule has 5 heteroatoms. The van der Waals surface area contributed by atoms with E-state index < -0.39 is 0 Å². The van der Waals surface area contributed by atoms with E-state index in [-0.39, 0.29) is 12.4 Å². The van der Waals surface area contributed by atoms with Crippen molar-refractivity contribution >= 4 is 16.5 Å². The quantitative estimate of drug-likeness (QED) is 0.616. The fraction of sp³-hybridized carbons (Fsp3) is 0.375. The molecule has 0 fully saturated rings. The Labute approximate surface area is 124 Å². The number of hydrogen-bond donors (Lipinski definition) is 3. The molecule has 114 valence electrons. The third-order valence-corrected chi connectivity index (χ3v) is 3.03. The van der Waals surface area contributed by atoms with Gasteiger partial charge in [-0.1, -0.05) is 12.1 Å². The highest BCUT2D eigenvalue weighted by atomic mass is 16.5. The van der Waals surface area contributed by atoms with Crippen LogP contribution in [0.25, 0.3) is 10.8 Å². The van der Waals surface area contributed by atoms with Gasteiger partial charge in [-0.2, -0.15) is 0 Å². The van der Waals surface area contributed by atoms with E-state index in [0.717, 1.165) is 16.5 Å². The zero-order chi connectivity index (χ0) is 14.9. The summed E-state index contributed by atoms with van der Waals surface area (Å²) in [6.45, 7) is 2.68. The molecular formula is C16H21NO4. The topological polar surface area (TPSA) is 71.0 Å². The van der Waals surface area contributed by atoms with Crippen molar-refractivity contribution < 1.29 is 19.7 Å². The Balaban J connectivity index is 1.76. The summed E-state index contributed by atoms with van der Waals surface area (Å²) in [5.74, 6) is 0.269. The fourth-order valence-electron chi connectivity index (χ4n) is 2.07. The van der Waals surface area contributed by atoms with Crippen LogP contribution in [0.2, 0.25) is 0 Å². The van der Waals surface area contributed by atoms with Gasteiger partial charge in [-0.25, -0.2) is 0 Å². The molecule has 0 unspecified atom stereocenters. The first kappa shape index (κ1) is 15.6. The highest BCUT2D eigenvalue weighted by Crippen LogP contribution is 2.26. The van der Waals surface area contributed by atoms with Crippen molar-refractivity contribution in [3.63, 3.8) is 0 Å². The molecule has 0 heterocycles. The Morgan fingerprint density at radius 3 is 2.57 bits per heavy atom. The molecule has 0 amide bonds. The van der Waals surface area contributed by atoms with E-state index in [1.54, 1.807) is 12.1 Å². The van der Waals surface area contributed by atoms with Gasteiger partial charge in [-0.15, -0.1) is 0 Å². The van der Waals surface area contributed by atoms with Crippen LogP contribution in [0.3, 0.4) is 0 Å². The molecule has 0 bridgehead atoms. The number of anilines is 1. The van der Waals surface area contributed by atoms with Crippen LogP contribution in [0.1, 0.15) is 0 Å². The van der Waals surface area contributed by atoms with Gasteiger partial charge in [0.25, 0.3) is 0 Å². The average molecular weight is 291 g/mol. The molecule has 2 aromatic rings. The highest BCUT2D eigenvalue weighted by molar-refractivity contribution is 5.94. The molecule has 5 nitrogen and oxygen atoms in total. The molecule has 0 spiro atoms. The van der Waals surface area contributed by atoms with Crippen molar-refractivity contribution in [3.05, 3.63) is 36.4 Å². The SMILES string of the molecule is OCCOCCOCCNc1cccc2cc(O)ccc12. The maximum absolute atomic E-state index is 9.49. The molecule has 21 heavy (non-hydrogen) atoms. The predicted octanol–water partition coefficient (Wildman–Crippen LogP) is 1.98. The zero-order valence-corrected chi connectivity index (χ0v) is 11.9. The van der Waals surface area contributed by atoms with Crippen molar-refractivity contribution in [1.29, 1.82) is 0 Å². The maximum atomic E-state index is 9.49. The minimum absolute atomic E-state index is 0.0399. The minimum Gasteiger partial charge on any atom is -0.508 e. The average Bonchev–Trinajstić information content (AvgIpc) is 2.49. The Morgan fingerprint density at radius 1 is 0.952 bits per heavy atom. The van der Waals surface area contributed by atoms with E-state index >= 15 is 0 Å². The Morgan fingerprint density at radius 2 is 1.76 bits per heavy atom. The Kier molecular flexibility index (Phi) is 6.27. The van der Waals surface area contributed by atoms with Crippen LogP contribution < -0.4 is 5.32 Å². The van der Waals surface area contributed by atoms with E-state index in [4.69, 9.17) is 14.6 Å². The van der Waals surface area contributed by atoms with Gasteiger partial charge in [-0.05, 0) is 29.7 Å². The van der Waals surface area contributed by atoms with E-state index in [1.165, 1.54) is 0 Å². The highest BCUT2D eigenvalue weighted by Gasteiger charge is 2.01. The summed E-state index contributed by atoms with van der Waals surface area (Å²) in [6.07, 6.45) is 0. The van der Waals surface area contributed by atoms with Crippen LogP contribution in [0.5, 0.6) is 5.75 Å². The number of aromatic hydroxyl groups is 1. The summed E-state index contributed by atoms with van der Waals surface area (Å²) in [4.78, 5) is 0. The number of fused-ring (bicyclic) bond motifs is 1. The fourth-order valence-corrected chi connectivity index (χ4v) is 2.07. The summed E-state index contributed by atoms with van der Waals surface area (Å²) in [5, 5.41) is 23.4.